The van der Waals surface area contributed by atoms with E-state index < -0.39 is 11.8 Å². The monoisotopic (exact) mass is 776 g/mol. The summed E-state index contributed by atoms with van der Waals surface area (Å²) in [4.78, 5) is 13.7. The molecule has 0 spiro atoms. The maximum absolute atomic E-state index is 8.67. The molecule has 0 N–H and O–H groups in total. The second-order valence-corrected chi connectivity index (χ2v) is 13.6. The number of hydrogen-bond donors (Lipinski definition) is 0. The maximum Gasteiger partial charge on any atom is 0.148 e. The number of thiazole rings is 1. The average Bonchev–Trinajstić information content (AvgIpc) is 3.64. The van der Waals surface area contributed by atoms with Crippen LogP contribution in [0.5, 0.6) is 0 Å². The van der Waals surface area contributed by atoms with Crippen molar-refractivity contribution in [3.8, 4) is 22.5 Å². The molecule has 0 aliphatic carbocycles. The van der Waals surface area contributed by atoms with Crippen molar-refractivity contribution in [2.45, 2.75) is 53.3 Å². The van der Waals surface area contributed by atoms with Gasteiger partial charge in [-0.3, -0.25) is 0 Å². The van der Waals surface area contributed by atoms with E-state index in [0.717, 1.165) is 48.4 Å². The molecule has 4 aromatic heterocycles. The first-order valence-electron chi connectivity index (χ1n) is 15.4. The molecule has 0 aliphatic heterocycles. The van der Waals surface area contributed by atoms with E-state index >= 15 is 0 Å². The summed E-state index contributed by atoms with van der Waals surface area (Å²) in [7, 11) is 0. The van der Waals surface area contributed by atoms with Crippen LogP contribution in [0.1, 0.15) is 54.9 Å². The summed E-state index contributed by atoms with van der Waals surface area (Å²) in [6, 6.07) is 31.8. The van der Waals surface area contributed by atoms with E-state index in [-0.39, 0.29) is 25.5 Å². The van der Waals surface area contributed by atoms with E-state index in [0.29, 0.717) is 16.8 Å². The minimum Gasteiger partial charge on any atom is -0.498 e. The van der Waals surface area contributed by atoms with Crippen molar-refractivity contribution in [1.29, 1.82) is 0 Å². The molecule has 7 aromatic rings. The number of aromatic nitrogens is 3. The third-order valence-corrected chi connectivity index (χ3v) is 8.23. The molecular formula is C38H35IrN3OS-2. The molecule has 1 radical (unpaired) electrons. The molecule has 0 amide bonds. The van der Waals surface area contributed by atoms with Gasteiger partial charge in [0.25, 0.3) is 0 Å². The first-order valence-corrected chi connectivity index (χ1v) is 15.2. The second-order valence-electron chi connectivity index (χ2n) is 12.6. The average molecular weight is 776 g/mol. The second kappa shape index (κ2) is 12.7. The van der Waals surface area contributed by atoms with Crippen molar-refractivity contribution < 1.29 is 27.3 Å². The number of nitrogens with zero attached hydrogens (tertiary/aromatic N) is 3. The van der Waals surface area contributed by atoms with E-state index in [9.17, 15) is 0 Å². The van der Waals surface area contributed by atoms with Gasteiger partial charge in [0.2, 0.25) is 0 Å². The van der Waals surface area contributed by atoms with Gasteiger partial charge < -0.3 is 14.4 Å². The normalized spacial score (nSPS) is 12.8. The Kier molecular flexibility index (Phi) is 8.40. The van der Waals surface area contributed by atoms with Gasteiger partial charge in [-0.25, -0.2) is 4.98 Å². The molecule has 0 bridgehead atoms. The van der Waals surface area contributed by atoms with Gasteiger partial charge in [-0.15, -0.1) is 65.4 Å². The Morgan fingerprint density at radius 2 is 1.57 bits per heavy atom. The molecule has 7 rings (SSSR count). The minimum atomic E-state index is -1.51. The Bertz CT molecular complexity index is 2070. The van der Waals surface area contributed by atoms with Crippen LogP contribution in [-0.4, -0.2) is 15.0 Å². The number of pyridine rings is 2. The Balaban J connectivity index is 0.000000269. The molecule has 0 saturated heterocycles. The molecule has 225 valence electrons. The summed E-state index contributed by atoms with van der Waals surface area (Å²) >= 11 is 1.70. The summed E-state index contributed by atoms with van der Waals surface area (Å²) in [5.74, 6) is 0. The van der Waals surface area contributed by atoms with Gasteiger partial charge in [0.1, 0.15) is 11.1 Å². The van der Waals surface area contributed by atoms with Gasteiger partial charge >= 0.3 is 0 Å². The molecule has 0 fully saturated rings. The van der Waals surface area contributed by atoms with Gasteiger partial charge in [0.05, 0.1) is 15.3 Å². The molecule has 3 aromatic carbocycles. The summed E-state index contributed by atoms with van der Waals surface area (Å²) in [6.45, 7) is 12.2. The van der Waals surface area contributed by atoms with Gasteiger partial charge in [-0.2, -0.15) is 0 Å². The van der Waals surface area contributed by atoms with Crippen LogP contribution in [0, 0.1) is 17.5 Å². The van der Waals surface area contributed by atoms with Crippen LogP contribution in [0.2, 0.25) is 0 Å². The Morgan fingerprint density at radius 3 is 2.27 bits per heavy atom. The minimum absolute atomic E-state index is 0. The molecule has 44 heavy (non-hydrogen) atoms. The Morgan fingerprint density at radius 1 is 0.795 bits per heavy atom. The molecule has 0 saturated carbocycles. The molecule has 0 unspecified atom stereocenters. The van der Waals surface area contributed by atoms with Crippen molar-refractivity contribution in [1.82, 2.24) is 15.0 Å². The fraction of sp³-hybridized carbons (Fsp3) is 0.237. The van der Waals surface area contributed by atoms with Crippen LogP contribution in [0.4, 0.5) is 0 Å². The van der Waals surface area contributed by atoms with E-state index in [1.165, 1.54) is 0 Å². The van der Waals surface area contributed by atoms with Crippen molar-refractivity contribution in [2.24, 2.45) is 5.41 Å². The van der Waals surface area contributed by atoms with E-state index in [1.807, 2.05) is 81.4 Å². The smallest absolute Gasteiger partial charge is 0.148 e. The number of rotatable bonds is 3. The van der Waals surface area contributed by atoms with Crippen LogP contribution in [0.15, 0.2) is 95.7 Å². The van der Waals surface area contributed by atoms with Crippen molar-refractivity contribution in [3.63, 3.8) is 0 Å². The SMILES string of the molecule is [2H]C([2H])(c1ccnc(-c2[c-]ccc3c2oc2c3ccc3sc(C(C)(C)C)nc32)c1)C(C)(C)C.[Ir].[c-]1ccccc1-c1ccccn1. The van der Waals surface area contributed by atoms with Crippen LogP contribution in [0.25, 0.3) is 54.7 Å². The predicted molar refractivity (Wildman–Crippen MR) is 179 cm³/mol. The summed E-state index contributed by atoms with van der Waals surface area (Å²) in [5, 5.41) is 3.08. The maximum atomic E-state index is 8.67. The fourth-order valence-electron chi connectivity index (χ4n) is 4.85. The molecular weight excluding hydrogens is 739 g/mol. The Hall–Kier alpha value is -3.70. The number of benzene rings is 3. The molecule has 0 aliphatic rings. The summed E-state index contributed by atoms with van der Waals surface area (Å²) < 4.78 is 24.9. The molecule has 6 heteroatoms. The van der Waals surface area contributed by atoms with Crippen LogP contribution >= 0.6 is 11.3 Å². The summed E-state index contributed by atoms with van der Waals surface area (Å²) in [5.41, 5.74) is 5.76. The molecule has 4 nitrogen and oxygen atoms in total. The zero-order chi connectivity index (χ0) is 32.0. The first kappa shape index (κ1) is 29.0. The zero-order valence-corrected chi connectivity index (χ0v) is 28.9. The van der Waals surface area contributed by atoms with Crippen LogP contribution in [0.3, 0.4) is 0 Å². The molecule has 4 heterocycles. The number of hydrogen-bond acceptors (Lipinski definition) is 5. The topological polar surface area (TPSA) is 51.8 Å². The summed E-state index contributed by atoms with van der Waals surface area (Å²) in [6.07, 6.45) is 1.94. The predicted octanol–water partition coefficient (Wildman–Crippen LogP) is 10.5. The van der Waals surface area contributed by atoms with Crippen molar-refractivity contribution in [2.75, 3.05) is 0 Å². The van der Waals surface area contributed by atoms with Crippen molar-refractivity contribution in [3.05, 3.63) is 114 Å². The van der Waals surface area contributed by atoms with Crippen LogP contribution < -0.4 is 0 Å². The number of fused-ring (bicyclic) bond motifs is 5. The van der Waals surface area contributed by atoms with Gasteiger partial charge in [0, 0.05) is 46.0 Å². The van der Waals surface area contributed by atoms with Gasteiger partial charge in [0.15, 0.2) is 0 Å². The Labute approximate surface area is 279 Å². The number of furan rings is 1. The van der Waals surface area contributed by atoms with Crippen molar-refractivity contribution >= 4 is 43.5 Å². The van der Waals surface area contributed by atoms with E-state index in [4.69, 9.17) is 12.1 Å². The largest absolute Gasteiger partial charge is 0.498 e. The van der Waals surface area contributed by atoms with Gasteiger partial charge in [-0.05, 0) is 41.4 Å². The zero-order valence-electron chi connectivity index (χ0n) is 27.7. The fourth-order valence-corrected chi connectivity index (χ4v) is 5.88. The van der Waals surface area contributed by atoms with Crippen LogP contribution in [-0.2, 0) is 31.9 Å². The van der Waals surface area contributed by atoms with Gasteiger partial charge in [-0.1, -0.05) is 82.3 Å². The van der Waals surface area contributed by atoms with E-state index in [1.54, 1.807) is 29.8 Å². The quantitative estimate of drug-likeness (QED) is 0.168. The standard InChI is InChI=1S/C27H27N2OS.C11H8N.Ir/c1-26(2,3)15-16-12-13-28-20(14-16)19-9-7-8-17-18-10-11-21-22(24(18)30-23(17)19)29-25(31-21)27(4,5)6;1-2-6-10(7-3-1)11-8-4-5-9-12-11;/h7-8,10-14H,15H2,1-6H3;1-6,8-9H;/q2*-1;/i15D2;;. The third-order valence-electron chi connectivity index (χ3n) is 6.79. The van der Waals surface area contributed by atoms with E-state index in [2.05, 4.69) is 55.0 Å². The third kappa shape index (κ3) is 6.83. The molecule has 0 atom stereocenters. The first-order chi connectivity index (χ1) is 21.3.